The molecule has 1 unspecified atom stereocenters. The minimum atomic E-state index is -0.730. The summed E-state index contributed by atoms with van der Waals surface area (Å²) in [6.45, 7) is 8.36. The van der Waals surface area contributed by atoms with E-state index in [-0.39, 0.29) is 22.0 Å². The number of hydrogen-bond donors (Lipinski definition) is 2. The molecule has 0 aromatic heterocycles. The largest absolute Gasteiger partial charge is 0.480 e. The van der Waals surface area contributed by atoms with Crippen LogP contribution in [-0.4, -0.2) is 26.7 Å². The lowest BCUT2D eigenvalue weighted by Crippen LogP contribution is -2.48. The molecule has 0 bridgehead atoms. The number of carbonyl (C=O) groups is 1. The smallest absolute Gasteiger partial charge is 0.322 e. The zero-order valence-electron chi connectivity index (χ0n) is 11.1. The molecule has 17 heavy (non-hydrogen) atoms. The first-order valence-corrected chi connectivity index (χ1v) is 6.89. The van der Waals surface area contributed by atoms with Gasteiger partial charge in [0, 0.05) is 4.75 Å². The topological polar surface area (TPSA) is 49.3 Å². The van der Waals surface area contributed by atoms with Crippen LogP contribution in [-0.2, 0) is 4.79 Å². The third-order valence-corrected chi connectivity index (χ3v) is 4.79. The Bertz CT molecular complexity index is 265. The van der Waals surface area contributed by atoms with Gasteiger partial charge in [0.15, 0.2) is 0 Å². The van der Waals surface area contributed by atoms with E-state index in [9.17, 15) is 9.90 Å². The van der Waals surface area contributed by atoms with Gasteiger partial charge in [0.1, 0.15) is 6.04 Å². The Morgan fingerprint density at radius 3 is 2.06 bits per heavy atom. The van der Waals surface area contributed by atoms with Gasteiger partial charge in [-0.2, -0.15) is 0 Å². The van der Waals surface area contributed by atoms with Gasteiger partial charge in [-0.3, -0.25) is 10.1 Å². The molecule has 0 aliphatic carbocycles. The van der Waals surface area contributed by atoms with Gasteiger partial charge in [0.05, 0.1) is 4.87 Å². The molecule has 1 heterocycles. The lowest BCUT2D eigenvalue weighted by atomic mass is 10.00. The second-order valence-corrected chi connectivity index (χ2v) is 7.15. The summed E-state index contributed by atoms with van der Waals surface area (Å²) >= 11 is 1.81. The molecule has 102 valence electrons. The van der Waals surface area contributed by atoms with Gasteiger partial charge >= 0.3 is 5.97 Å². The van der Waals surface area contributed by atoms with Gasteiger partial charge in [-0.05, 0) is 26.7 Å². The van der Waals surface area contributed by atoms with Gasteiger partial charge in [0.25, 0.3) is 0 Å². The monoisotopic (exact) mass is 281 g/mol. The first-order valence-electron chi connectivity index (χ1n) is 6.07. The van der Waals surface area contributed by atoms with Gasteiger partial charge in [-0.15, -0.1) is 24.2 Å². The first-order chi connectivity index (χ1) is 7.37. The molecule has 0 amide bonds. The molecule has 1 aliphatic rings. The fourth-order valence-corrected chi connectivity index (χ4v) is 4.64. The number of rotatable bonds is 5. The number of thioether (sulfide) groups is 1. The Balaban J connectivity index is 0.00000256. The molecule has 1 atom stereocenters. The van der Waals surface area contributed by atoms with Crippen LogP contribution in [0.2, 0.25) is 0 Å². The van der Waals surface area contributed by atoms with Gasteiger partial charge in [-0.1, -0.05) is 26.7 Å². The van der Waals surface area contributed by atoms with Crippen LogP contribution in [0.25, 0.3) is 0 Å². The summed E-state index contributed by atoms with van der Waals surface area (Å²) in [5, 5.41) is 12.6. The highest BCUT2D eigenvalue weighted by Crippen LogP contribution is 2.49. The average Bonchev–Trinajstić information content (AvgIpc) is 2.38. The molecular formula is C12H24ClNO2S. The highest BCUT2D eigenvalue weighted by atomic mass is 35.5. The number of carboxylic acids is 1. The zero-order chi connectivity index (χ0) is 12.4. The van der Waals surface area contributed by atoms with Crippen LogP contribution in [0.4, 0.5) is 0 Å². The Labute approximate surface area is 115 Å². The van der Waals surface area contributed by atoms with Crippen molar-refractivity contribution in [2.75, 3.05) is 0 Å². The summed E-state index contributed by atoms with van der Waals surface area (Å²) in [5.41, 5.74) is 0. The molecule has 5 heteroatoms. The van der Waals surface area contributed by atoms with Crippen LogP contribution in [0, 0.1) is 0 Å². The standard InChI is InChI=1S/C12H23NO2S.ClH/c1-5-7-12(8-6-2)13-9(10(14)15)11(3,4)16-12;/h9,13H,5-8H2,1-4H3,(H,14,15);1H. The van der Waals surface area contributed by atoms with Crippen molar-refractivity contribution in [3.63, 3.8) is 0 Å². The molecule has 0 spiro atoms. The van der Waals surface area contributed by atoms with Crippen LogP contribution in [0.1, 0.15) is 53.4 Å². The second kappa shape index (κ2) is 6.30. The summed E-state index contributed by atoms with van der Waals surface area (Å²) in [4.78, 5) is 11.2. The van der Waals surface area contributed by atoms with Crippen LogP contribution < -0.4 is 5.32 Å². The van der Waals surface area contributed by atoms with E-state index in [0.717, 1.165) is 25.7 Å². The summed E-state index contributed by atoms with van der Waals surface area (Å²) < 4.78 is -0.226. The van der Waals surface area contributed by atoms with Crippen molar-refractivity contribution >= 4 is 30.1 Å². The van der Waals surface area contributed by atoms with E-state index >= 15 is 0 Å². The number of nitrogens with one attached hydrogen (secondary N) is 1. The van der Waals surface area contributed by atoms with Crippen molar-refractivity contribution in [1.29, 1.82) is 0 Å². The third kappa shape index (κ3) is 3.76. The second-order valence-electron chi connectivity index (χ2n) is 5.12. The minimum absolute atomic E-state index is 0. The van der Waals surface area contributed by atoms with E-state index in [0.29, 0.717) is 0 Å². The summed E-state index contributed by atoms with van der Waals surface area (Å²) in [6.07, 6.45) is 4.25. The maximum Gasteiger partial charge on any atom is 0.322 e. The van der Waals surface area contributed by atoms with E-state index in [1.165, 1.54) is 0 Å². The van der Waals surface area contributed by atoms with Crippen molar-refractivity contribution in [3.8, 4) is 0 Å². The molecule has 0 radical (unpaired) electrons. The van der Waals surface area contributed by atoms with Crippen molar-refractivity contribution in [2.45, 2.75) is 69.0 Å². The van der Waals surface area contributed by atoms with Crippen molar-refractivity contribution in [2.24, 2.45) is 0 Å². The molecule has 1 rings (SSSR count). The van der Waals surface area contributed by atoms with Crippen LogP contribution in [0.3, 0.4) is 0 Å². The lowest BCUT2D eigenvalue weighted by Gasteiger charge is -2.29. The predicted octanol–water partition coefficient (Wildman–Crippen LogP) is 3.27. The predicted molar refractivity (Wildman–Crippen MR) is 76.0 cm³/mol. The van der Waals surface area contributed by atoms with Crippen LogP contribution >= 0.6 is 24.2 Å². The molecule has 2 N–H and O–H groups in total. The fourth-order valence-electron chi connectivity index (χ4n) is 2.57. The molecule has 0 aromatic rings. The Kier molecular flexibility index (Phi) is 6.33. The molecule has 1 aliphatic heterocycles. The number of carboxylic acid groups (broad SMARTS) is 1. The summed E-state index contributed by atoms with van der Waals surface area (Å²) in [5.74, 6) is -0.730. The quantitative estimate of drug-likeness (QED) is 0.812. The van der Waals surface area contributed by atoms with Crippen LogP contribution in [0.5, 0.6) is 0 Å². The molecule has 1 saturated heterocycles. The number of aliphatic carboxylic acids is 1. The summed E-state index contributed by atoms with van der Waals surface area (Å²) in [7, 11) is 0. The molecule has 0 saturated carbocycles. The fraction of sp³-hybridized carbons (Fsp3) is 0.917. The maximum absolute atomic E-state index is 11.2. The molecular weight excluding hydrogens is 258 g/mol. The Morgan fingerprint density at radius 1 is 1.29 bits per heavy atom. The third-order valence-electron chi connectivity index (χ3n) is 3.12. The average molecular weight is 282 g/mol. The van der Waals surface area contributed by atoms with E-state index in [4.69, 9.17) is 0 Å². The zero-order valence-corrected chi connectivity index (χ0v) is 12.7. The Hall–Kier alpha value is 0.0700. The van der Waals surface area contributed by atoms with E-state index in [1.807, 2.05) is 25.6 Å². The highest BCUT2D eigenvalue weighted by Gasteiger charge is 2.52. The molecule has 0 aromatic carbocycles. The highest BCUT2D eigenvalue weighted by molar-refractivity contribution is 8.02. The SMILES string of the molecule is CCCC1(CCC)NC(C(=O)O)C(C)(C)S1.Cl. The number of halogens is 1. The van der Waals surface area contributed by atoms with Gasteiger partial charge in [-0.25, -0.2) is 0 Å². The normalized spacial score (nSPS) is 25.3. The van der Waals surface area contributed by atoms with Gasteiger partial charge < -0.3 is 5.11 Å². The van der Waals surface area contributed by atoms with Crippen molar-refractivity contribution in [1.82, 2.24) is 5.32 Å². The van der Waals surface area contributed by atoms with E-state index in [1.54, 1.807) is 0 Å². The van der Waals surface area contributed by atoms with Gasteiger partial charge in [0.2, 0.25) is 0 Å². The molecule has 1 fully saturated rings. The van der Waals surface area contributed by atoms with E-state index < -0.39 is 12.0 Å². The lowest BCUT2D eigenvalue weighted by molar-refractivity contribution is -0.140. The minimum Gasteiger partial charge on any atom is -0.480 e. The van der Waals surface area contributed by atoms with Crippen LogP contribution in [0.15, 0.2) is 0 Å². The summed E-state index contributed by atoms with van der Waals surface area (Å²) in [6, 6.07) is -0.435. The van der Waals surface area contributed by atoms with E-state index in [2.05, 4.69) is 19.2 Å². The maximum atomic E-state index is 11.2. The van der Waals surface area contributed by atoms with Crippen molar-refractivity contribution in [3.05, 3.63) is 0 Å². The first kappa shape index (κ1) is 17.1. The Morgan fingerprint density at radius 2 is 1.76 bits per heavy atom. The molecule has 3 nitrogen and oxygen atoms in total. The van der Waals surface area contributed by atoms with Crippen molar-refractivity contribution < 1.29 is 9.90 Å². The number of hydrogen-bond acceptors (Lipinski definition) is 3.